The van der Waals surface area contributed by atoms with Crippen molar-refractivity contribution in [3.05, 3.63) is 11.6 Å². The van der Waals surface area contributed by atoms with Crippen LogP contribution in [0.1, 0.15) is 59.3 Å². The number of carbonyl (C=O) groups excluding carboxylic acids is 3. The van der Waals surface area contributed by atoms with Crippen molar-refractivity contribution in [1.29, 1.82) is 0 Å². The lowest BCUT2D eigenvalue weighted by Crippen LogP contribution is -2.67. The van der Waals surface area contributed by atoms with Gasteiger partial charge in [-0.05, 0) is 51.0 Å². The van der Waals surface area contributed by atoms with Gasteiger partial charge < -0.3 is 15.3 Å². The zero-order valence-electron chi connectivity index (χ0n) is 17.1. The van der Waals surface area contributed by atoms with Gasteiger partial charge in [0.2, 0.25) is 0 Å². The first-order chi connectivity index (χ1) is 13.3. The average molecular weight is 408 g/mol. The molecule has 0 aromatic carbocycles. The molecule has 29 heavy (non-hydrogen) atoms. The number of aliphatic hydroxyl groups is 3. The molecule has 0 bridgehead atoms. The second-order valence-corrected chi connectivity index (χ2v) is 10.3. The van der Waals surface area contributed by atoms with Crippen LogP contribution in [0.4, 0.5) is 4.39 Å². The molecule has 0 radical (unpaired) electrons. The number of aliphatic hydroxyl groups excluding tert-OH is 1. The smallest absolute Gasteiger partial charge is 0.190 e. The molecule has 0 aromatic rings. The Hall–Kier alpha value is -1.44. The number of alkyl halides is 1. The van der Waals surface area contributed by atoms with Gasteiger partial charge in [0.1, 0.15) is 23.5 Å². The van der Waals surface area contributed by atoms with Crippen molar-refractivity contribution in [1.82, 2.24) is 0 Å². The maximum absolute atomic E-state index is 16.9. The van der Waals surface area contributed by atoms with Gasteiger partial charge in [-0.15, -0.1) is 0 Å². The Balaban J connectivity index is 1.81. The van der Waals surface area contributed by atoms with E-state index in [1.165, 1.54) is 6.92 Å². The first-order valence-corrected chi connectivity index (χ1v) is 10.3. The molecule has 4 rings (SSSR count). The zero-order chi connectivity index (χ0) is 21.6. The molecule has 160 valence electrons. The Morgan fingerprint density at radius 3 is 2.41 bits per heavy atom. The number of allylic oxidation sites excluding steroid dienone is 1. The van der Waals surface area contributed by atoms with Crippen molar-refractivity contribution < 1.29 is 34.1 Å². The molecule has 4 aliphatic carbocycles. The molecule has 0 saturated heterocycles. The van der Waals surface area contributed by atoms with Gasteiger partial charge in [0.25, 0.3) is 0 Å². The minimum absolute atomic E-state index is 0.0110. The average Bonchev–Trinajstić information content (AvgIpc) is 2.91. The third kappa shape index (κ3) is 2.29. The summed E-state index contributed by atoms with van der Waals surface area (Å²) in [5.74, 6) is -2.67. The van der Waals surface area contributed by atoms with Crippen LogP contribution in [0.15, 0.2) is 11.6 Å². The predicted octanol–water partition coefficient (Wildman–Crippen LogP) is 1.44. The summed E-state index contributed by atoms with van der Waals surface area (Å²) in [5, 5.41) is 31.1. The van der Waals surface area contributed by atoms with Crippen LogP contribution in [0, 0.1) is 22.7 Å². The Bertz CT molecular complexity index is 848. The quantitative estimate of drug-likeness (QED) is 0.638. The summed E-state index contributed by atoms with van der Waals surface area (Å²) in [6.07, 6.45) is 1.61. The molecule has 3 fully saturated rings. The van der Waals surface area contributed by atoms with Gasteiger partial charge in [0.15, 0.2) is 17.3 Å². The Morgan fingerprint density at radius 2 is 1.79 bits per heavy atom. The summed E-state index contributed by atoms with van der Waals surface area (Å²) < 4.78 is 16.9. The summed E-state index contributed by atoms with van der Waals surface area (Å²) in [7, 11) is 0. The third-order valence-corrected chi connectivity index (χ3v) is 8.99. The van der Waals surface area contributed by atoms with Crippen molar-refractivity contribution in [3.8, 4) is 0 Å². The molecule has 0 amide bonds. The minimum Gasteiger partial charge on any atom is -0.388 e. The highest BCUT2D eigenvalue weighted by Crippen LogP contribution is 2.70. The highest BCUT2D eigenvalue weighted by Gasteiger charge is 2.73. The number of carbonyl (C=O) groups is 3. The second-order valence-electron chi connectivity index (χ2n) is 10.3. The summed E-state index contributed by atoms with van der Waals surface area (Å²) >= 11 is 0. The van der Waals surface area contributed by atoms with E-state index >= 15 is 4.39 Å². The molecule has 7 atom stereocenters. The fraction of sp³-hybridized carbons (Fsp3) is 0.773. The van der Waals surface area contributed by atoms with E-state index in [0.29, 0.717) is 6.42 Å². The first kappa shape index (κ1) is 20.8. The molecule has 0 aliphatic heterocycles. The number of Topliss-reactive ketones (excluding diaryl/α,β-unsaturated/α-hetero) is 2. The fourth-order valence-electron chi connectivity index (χ4n) is 7.22. The van der Waals surface area contributed by atoms with Gasteiger partial charge >= 0.3 is 0 Å². The molecule has 0 aromatic heterocycles. The van der Waals surface area contributed by atoms with E-state index in [1.807, 2.05) is 0 Å². The lowest BCUT2D eigenvalue weighted by molar-refractivity contribution is -0.192. The van der Waals surface area contributed by atoms with Crippen LogP contribution in [0.3, 0.4) is 0 Å². The van der Waals surface area contributed by atoms with E-state index < -0.39 is 57.7 Å². The van der Waals surface area contributed by atoms with Gasteiger partial charge in [0.05, 0.1) is 0 Å². The Labute approximate surface area is 169 Å². The van der Waals surface area contributed by atoms with Gasteiger partial charge in [-0.2, -0.15) is 0 Å². The lowest BCUT2D eigenvalue weighted by Gasteiger charge is -2.62. The van der Waals surface area contributed by atoms with Crippen LogP contribution in [0.5, 0.6) is 0 Å². The van der Waals surface area contributed by atoms with Crippen LogP contribution in [0.2, 0.25) is 0 Å². The topological polar surface area (TPSA) is 112 Å². The summed E-state index contributed by atoms with van der Waals surface area (Å²) in [4.78, 5) is 37.6. The molecule has 6 nitrogen and oxygen atoms in total. The maximum Gasteiger partial charge on any atom is 0.190 e. The molecule has 1 unspecified atom stereocenters. The summed E-state index contributed by atoms with van der Waals surface area (Å²) in [5.41, 5.74) is -7.41. The Morgan fingerprint density at radius 1 is 1.14 bits per heavy atom. The first-order valence-electron chi connectivity index (χ1n) is 10.3. The van der Waals surface area contributed by atoms with Crippen LogP contribution in [-0.2, 0) is 14.4 Å². The van der Waals surface area contributed by atoms with E-state index in [0.717, 1.165) is 6.08 Å². The third-order valence-electron chi connectivity index (χ3n) is 8.99. The highest BCUT2D eigenvalue weighted by atomic mass is 19.1. The number of hydrogen-bond donors (Lipinski definition) is 3. The standard InChI is InChI=1S/C22H29FO6/c1-18-6-7-21(23)13(12(18)4-5-22(18,29)17(27)10-24)8-15(25)14-9-16(26)20(3,28)11-19(14,21)2/h9,12-13,24,28-29H,4-8,10-11H2,1-3H3/t12-,13-,18-,19-,20?,21+,22-/m0/s1. The van der Waals surface area contributed by atoms with Gasteiger partial charge in [0, 0.05) is 28.7 Å². The monoisotopic (exact) mass is 408 g/mol. The van der Waals surface area contributed by atoms with E-state index in [1.54, 1.807) is 13.8 Å². The molecule has 7 heteroatoms. The second kappa shape index (κ2) is 5.83. The normalized spacial score (nSPS) is 51.8. The number of fused-ring (bicyclic) bond motifs is 5. The number of rotatable bonds is 2. The van der Waals surface area contributed by atoms with Gasteiger partial charge in [-0.3, -0.25) is 14.4 Å². The Kier molecular flexibility index (Phi) is 4.18. The van der Waals surface area contributed by atoms with E-state index in [-0.39, 0.29) is 43.5 Å². The highest BCUT2D eigenvalue weighted by molar-refractivity contribution is 6.09. The van der Waals surface area contributed by atoms with Crippen LogP contribution >= 0.6 is 0 Å². The van der Waals surface area contributed by atoms with Gasteiger partial charge in [-0.25, -0.2) is 4.39 Å². The van der Waals surface area contributed by atoms with Crippen LogP contribution in [-0.4, -0.2) is 56.1 Å². The lowest BCUT2D eigenvalue weighted by atomic mass is 9.43. The molecule has 3 saturated carbocycles. The summed E-state index contributed by atoms with van der Waals surface area (Å²) in [6, 6.07) is 0. The van der Waals surface area contributed by atoms with E-state index in [9.17, 15) is 29.7 Å². The number of hydrogen-bond acceptors (Lipinski definition) is 6. The summed E-state index contributed by atoms with van der Waals surface area (Å²) in [6.45, 7) is 3.95. The van der Waals surface area contributed by atoms with Gasteiger partial charge in [-0.1, -0.05) is 13.8 Å². The van der Waals surface area contributed by atoms with Crippen molar-refractivity contribution in [2.75, 3.05) is 6.61 Å². The van der Waals surface area contributed by atoms with E-state index in [4.69, 9.17) is 0 Å². The van der Waals surface area contributed by atoms with Crippen LogP contribution in [0.25, 0.3) is 0 Å². The van der Waals surface area contributed by atoms with Crippen molar-refractivity contribution in [2.45, 2.75) is 76.2 Å². The minimum atomic E-state index is -1.84. The molecular formula is C22H29FO6. The SMILES string of the molecule is CC1(O)C[C@@]2(C)C(=CC1=O)C(=O)C[C@H]1[C@@H]3CC[C@](O)(C(=O)CO)[C@@]3(C)CC[C@@]12F. The fourth-order valence-corrected chi connectivity index (χ4v) is 7.22. The van der Waals surface area contributed by atoms with E-state index in [2.05, 4.69) is 0 Å². The molecule has 3 N–H and O–H groups in total. The number of halogens is 1. The predicted molar refractivity (Wildman–Crippen MR) is 100 cm³/mol. The molecular weight excluding hydrogens is 379 g/mol. The maximum atomic E-state index is 16.9. The number of ketones is 3. The largest absolute Gasteiger partial charge is 0.388 e. The van der Waals surface area contributed by atoms with Crippen molar-refractivity contribution in [2.24, 2.45) is 22.7 Å². The van der Waals surface area contributed by atoms with Crippen LogP contribution < -0.4 is 0 Å². The van der Waals surface area contributed by atoms with Crippen molar-refractivity contribution >= 4 is 17.3 Å². The molecule has 0 spiro atoms. The molecule has 4 aliphatic rings. The van der Waals surface area contributed by atoms with Crippen molar-refractivity contribution in [3.63, 3.8) is 0 Å². The zero-order valence-corrected chi connectivity index (χ0v) is 17.1. The molecule has 0 heterocycles.